The molecule has 0 saturated heterocycles. The van der Waals surface area contributed by atoms with E-state index < -0.39 is 20.3 Å². The molecule has 2 rings (SSSR count). The van der Waals surface area contributed by atoms with Gasteiger partial charge in [0, 0.05) is 20.2 Å². The maximum atomic E-state index is 13.0. The van der Waals surface area contributed by atoms with Gasteiger partial charge in [0.15, 0.2) is 0 Å². The first-order valence-corrected chi connectivity index (χ1v) is 8.10. The maximum absolute atomic E-state index is 13.0. The fourth-order valence-electron chi connectivity index (χ4n) is 2.35. The van der Waals surface area contributed by atoms with Crippen molar-refractivity contribution in [1.82, 2.24) is 0 Å². The van der Waals surface area contributed by atoms with Gasteiger partial charge in [0.25, 0.3) is 0 Å². The number of alkyl halides is 3. The summed E-state index contributed by atoms with van der Waals surface area (Å²) in [7, 11) is 2.19. The van der Waals surface area contributed by atoms with Crippen LogP contribution in [0.2, 0.25) is 0 Å². The molecule has 8 heteroatoms. The van der Waals surface area contributed by atoms with Crippen molar-refractivity contribution in [2.24, 2.45) is 0 Å². The van der Waals surface area contributed by atoms with Crippen LogP contribution in [0, 0.1) is 0 Å². The number of hydrogen-bond acceptors (Lipinski definition) is 4. The Bertz CT molecular complexity index is 761. The third-order valence-corrected chi connectivity index (χ3v) is 4.39. The molecule has 134 valence electrons. The van der Waals surface area contributed by atoms with Gasteiger partial charge in [0.1, 0.15) is 22.8 Å². The molecule has 0 aliphatic heterocycles. The van der Waals surface area contributed by atoms with Gasteiger partial charge in [-0.1, -0.05) is 30.3 Å². The Morgan fingerprint density at radius 3 is 2.04 bits per heavy atom. The number of carbonyl (C=O) groups excluding carboxylic acids is 1. The van der Waals surface area contributed by atoms with Gasteiger partial charge >= 0.3 is 5.92 Å². The number of ether oxygens (including phenoxy) is 3. The van der Waals surface area contributed by atoms with Crippen molar-refractivity contribution in [3.05, 3.63) is 47.5 Å². The Kier molecular flexibility index (Phi) is 5.90. The van der Waals surface area contributed by atoms with E-state index >= 15 is 0 Å². The van der Waals surface area contributed by atoms with Gasteiger partial charge in [-0.2, -0.15) is 13.2 Å². The van der Waals surface area contributed by atoms with Gasteiger partial charge in [-0.15, -0.1) is 0 Å². The zero-order valence-corrected chi connectivity index (χ0v) is 14.7. The van der Waals surface area contributed by atoms with E-state index in [0.717, 1.165) is 0 Å². The second-order valence-electron chi connectivity index (χ2n) is 4.88. The lowest BCUT2D eigenvalue weighted by Gasteiger charge is -2.20. The van der Waals surface area contributed by atoms with Crippen molar-refractivity contribution in [2.45, 2.75) is 5.92 Å². The van der Waals surface area contributed by atoms with Crippen LogP contribution in [0.5, 0.6) is 17.2 Å². The molecule has 0 saturated carbocycles. The van der Waals surface area contributed by atoms with E-state index in [2.05, 4.69) is 0 Å². The van der Waals surface area contributed by atoms with Crippen LogP contribution in [0.25, 0.3) is 0 Å². The number of halogens is 3. The van der Waals surface area contributed by atoms with E-state index in [1.54, 1.807) is 30.3 Å². The Morgan fingerprint density at radius 1 is 0.960 bits per heavy atom. The Labute approximate surface area is 144 Å². The standard InChI is InChI=1S/C17H16F3O4P/c1-22-11-9-12(23-2)16(25-17(18,19)20)15(24-3)13(11)14(21)10-7-5-4-6-8-10/h4-9,25H,1-3H3. The van der Waals surface area contributed by atoms with Gasteiger partial charge < -0.3 is 14.2 Å². The van der Waals surface area contributed by atoms with E-state index in [-0.39, 0.29) is 28.1 Å². The first-order chi connectivity index (χ1) is 11.8. The van der Waals surface area contributed by atoms with Crippen LogP contribution in [0.15, 0.2) is 36.4 Å². The van der Waals surface area contributed by atoms with Crippen molar-refractivity contribution in [2.75, 3.05) is 21.3 Å². The highest BCUT2D eigenvalue weighted by atomic mass is 31.1. The van der Waals surface area contributed by atoms with Crippen LogP contribution in [-0.2, 0) is 0 Å². The first-order valence-electron chi connectivity index (χ1n) is 7.10. The summed E-state index contributed by atoms with van der Waals surface area (Å²) in [5, 5.41) is -0.224. The molecule has 1 unspecified atom stereocenters. The number of benzene rings is 2. The number of carbonyl (C=O) groups is 1. The van der Waals surface area contributed by atoms with Crippen LogP contribution in [0.1, 0.15) is 15.9 Å². The summed E-state index contributed by atoms with van der Waals surface area (Å²) in [6.45, 7) is 0. The molecule has 0 N–H and O–H groups in total. The molecule has 25 heavy (non-hydrogen) atoms. The van der Waals surface area contributed by atoms with Crippen molar-refractivity contribution in [3.63, 3.8) is 0 Å². The van der Waals surface area contributed by atoms with Crippen LogP contribution in [0.4, 0.5) is 13.2 Å². The first kappa shape index (κ1) is 19.1. The third-order valence-electron chi connectivity index (χ3n) is 3.38. The molecule has 0 bridgehead atoms. The second kappa shape index (κ2) is 7.74. The predicted octanol–water partition coefficient (Wildman–Crippen LogP) is 3.77. The highest BCUT2D eigenvalue weighted by Crippen LogP contribution is 2.44. The molecule has 0 amide bonds. The molecule has 0 aliphatic carbocycles. The van der Waals surface area contributed by atoms with Gasteiger partial charge in [-0.05, 0) is 0 Å². The van der Waals surface area contributed by atoms with Gasteiger partial charge in [-0.3, -0.25) is 4.79 Å². The summed E-state index contributed by atoms with van der Waals surface area (Å²) in [4.78, 5) is 12.8. The SMILES string of the molecule is COc1cc(OC)c(C(=O)c2ccccc2)c(OC)c1PC(F)(F)F. The van der Waals surface area contributed by atoms with Crippen molar-refractivity contribution >= 4 is 19.7 Å². The van der Waals surface area contributed by atoms with E-state index in [4.69, 9.17) is 14.2 Å². The number of rotatable bonds is 6. The lowest BCUT2D eigenvalue weighted by molar-refractivity contribution is -0.0360. The lowest BCUT2D eigenvalue weighted by Crippen LogP contribution is -2.17. The van der Waals surface area contributed by atoms with Crippen molar-refractivity contribution in [1.29, 1.82) is 0 Å². The summed E-state index contributed by atoms with van der Waals surface area (Å²) >= 11 is 0. The highest BCUT2D eigenvalue weighted by Gasteiger charge is 2.34. The maximum Gasteiger partial charge on any atom is 0.406 e. The van der Waals surface area contributed by atoms with Crippen LogP contribution < -0.4 is 19.5 Å². The fourth-order valence-corrected chi connectivity index (χ4v) is 3.27. The molecule has 0 spiro atoms. The smallest absolute Gasteiger partial charge is 0.406 e. The predicted molar refractivity (Wildman–Crippen MR) is 90.0 cm³/mol. The van der Waals surface area contributed by atoms with Gasteiger partial charge in [0.05, 0.1) is 26.6 Å². The quantitative estimate of drug-likeness (QED) is 0.572. The van der Waals surface area contributed by atoms with E-state index in [1.165, 1.54) is 27.4 Å². The molecule has 2 aromatic carbocycles. The minimum atomic E-state index is -4.47. The minimum absolute atomic E-state index is 0.0472. The Balaban J connectivity index is 2.73. The van der Waals surface area contributed by atoms with E-state index in [9.17, 15) is 18.0 Å². The van der Waals surface area contributed by atoms with Crippen LogP contribution in [-0.4, -0.2) is 33.0 Å². The summed E-state index contributed by atoms with van der Waals surface area (Å²) in [6, 6.07) is 9.46. The molecule has 0 radical (unpaired) electrons. The zero-order valence-electron chi connectivity index (χ0n) is 13.7. The van der Waals surface area contributed by atoms with Crippen LogP contribution in [0.3, 0.4) is 0 Å². The third kappa shape index (κ3) is 4.23. The molecule has 0 heterocycles. The molecule has 0 fully saturated rings. The summed E-state index contributed by atoms with van der Waals surface area (Å²) in [6.07, 6.45) is 0. The average molecular weight is 372 g/mol. The molecule has 1 atom stereocenters. The lowest BCUT2D eigenvalue weighted by atomic mass is 10.0. The fraction of sp³-hybridized carbons (Fsp3) is 0.235. The monoisotopic (exact) mass is 372 g/mol. The largest absolute Gasteiger partial charge is 0.496 e. The van der Waals surface area contributed by atoms with E-state index in [1.807, 2.05) is 0 Å². The second-order valence-corrected chi connectivity index (χ2v) is 6.20. The van der Waals surface area contributed by atoms with Crippen molar-refractivity contribution < 1.29 is 32.2 Å². The molecule has 4 nitrogen and oxygen atoms in total. The molecular weight excluding hydrogens is 356 g/mol. The molecule has 0 aliphatic rings. The number of ketones is 1. The van der Waals surface area contributed by atoms with Gasteiger partial charge in [-0.25, -0.2) is 0 Å². The molecule has 0 aromatic heterocycles. The average Bonchev–Trinajstić information content (AvgIpc) is 2.59. The summed E-state index contributed by atoms with van der Waals surface area (Å²) in [5.41, 5.74) is 0.245. The van der Waals surface area contributed by atoms with Crippen molar-refractivity contribution in [3.8, 4) is 17.2 Å². The van der Waals surface area contributed by atoms with Gasteiger partial charge in [0.2, 0.25) is 5.78 Å². The molecular formula is C17H16F3O4P. The minimum Gasteiger partial charge on any atom is -0.496 e. The Hall–Kier alpha value is -2.27. The van der Waals surface area contributed by atoms with Crippen LogP contribution >= 0.6 is 8.58 Å². The molecule has 2 aromatic rings. The summed E-state index contributed by atoms with van der Waals surface area (Å²) in [5.74, 6) is -5.12. The highest BCUT2D eigenvalue weighted by molar-refractivity contribution is 7.48. The summed E-state index contributed by atoms with van der Waals surface area (Å²) < 4.78 is 54.4. The number of methoxy groups -OCH3 is 3. The number of hydrogen-bond donors (Lipinski definition) is 0. The van der Waals surface area contributed by atoms with E-state index in [0.29, 0.717) is 5.56 Å². The normalized spacial score (nSPS) is 11.6. The Morgan fingerprint density at radius 2 is 1.56 bits per heavy atom. The zero-order chi connectivity index (χ0) is 18.6. The topological polar surface area (TPSA) is 44.8 Å².